The molecule has 106 valence electrons. The lowest BCUT2D eigenvalue weighted by molar-refractivity contribution is 0.180. The Hall–Kier alpha value is -0.690. The number of ether oxygens (including phenoxy) is 1. The van der Waals surface area contributed by atoms with Crippen LogP contribution in [0.1, 0.15) is 11.5 Å². The molecule has 1 aromatic heterocycles. The second-order valence-corrected chi connectivity index (χ2v) is 6.07. The van der Waals surface area contributed by atoms with E-state index in [4.69, 9.17) is 16.3 Å². The van der Waals surface area contributed by atoms with Crippen LogP contribution < -0.4 is 0 Å². The van der Waals surface area contributed by atoms with Gasteiger partial charge in [-0.3, -0.25) is 0 Å². The molecule has 0 saturated carbocycles. The lowest BCUT2D eigenvalue weighted by Crippen LogP contribution is -2.02. The van der Waals surface area contributed by atoms with E-state index in [-0.39, 0.29) is 5.82 Å². The van der Waals surface area contributed by atoms with E-state index < -0.39 is 0 Å². The molecule has 0 aliphatic heterocycles. The Morgan fingerprint density at radius 1 is 1.40 bits per heavy atom. The fraction of sp³-hybridized carbons (Fsp3) is 0.231. The molecule has 0 radical (unpaired) electrons. The first-order valence-electron chi connectivity index (χ1n) is 5.68. The molecule has 0 fully saturated rings. The summed E-state index contributed by atoms with van der Waals surface area (Å²) < 4.78 is 18.8. The Morgan fingerprint density at radius 2 is 2.20 bits per heavy atom. The summed E-state index contributed by atoms with van der Waals surface area (Å²) in [6.07, 6.45) is 0. The summed E-state index contributed by atoms with van der Waals surface area (Å²) in [6.45, 7) is 0.348. The van der Waals surface area contributed by atoms with Crippen molar-refractivity contribution in [2.45, 2.75) is 17.3 Å². The van der Waals surface area contributed by atoms with Crippen LogP contribution in [0, 0.1) is 5.82 Å². The Kier molecular flexibility index (Phi) is 5.77. The number of methoxy groups -OCH3 is 1. The highest BCUT2D eigenvalue weighted by Crippen LogP contribution is 2.27. The molecule has 1 heterocycles. The van der Waals surface area contributed by atoms with Crippen molar-refractivity contribution in [3.05, 3.63) is 51.2 Å². The van der Waals surface area contributed by atoms with Crippen molar-refractivity contribution < 1.29 is 9.13 Å². The number of nitrogens with zero attached hydrogens (tertiary/aromatic N) is 2. The second-order valence-electron chi connectivity index (χ2n) is 3.87. The quantitative estimate of drug-likeness (QED) is 0.569. The Morgan fingerprint density at radius 3 is 2.90 bits per heavy atom. The third-order valence-electron chi connectivity index (χ3n) is 2.37. The zero-order valence-corrected chi connectivity index (χ0v) is 13.7. The normalized spacial score (nSPS) is 10.8. The summed E-state index contributed by atoms with van der Waals surface area (Å²) in [5, 5.41) is 0.349. The van der Waals surface area contributed by atoms with Crippen LogP contribution in [0.25, 0.3) is 0 Å². The Labute approximate surface area is 134 Å². The largest absolute Gasteiger partial charge is 0.378 e. The van der Waals surface area contributed by atoms with Gasteiger partial charge in [-0.2, -0.15) is 0 Å². The number of hydrogen-bond acceptors (Lipinski definition) is 4. The minimum atomic E-state index is -0.259. The number of hydrogen-bond donors (Lipinski definition) is 0. The molecule has 0 aliphatic rings. The fourth-order valence-electron chi connectivity index (χ4n) is 1.51. The van der Waals surface area contributed by atoms with Crippen molar-refractivity contribution in [2.24, 2.45) is 0 Å². The molecule has 0 bridgehead atoms. The van der Waals surface area contributed by atoms with Crippen LogP contribution in [-0.4, -0.2) is 17.1 Å². The molecular formula is C13H11BrClFN2OS. The van der Waals surface area contributed by atoms with Gasteiger partial charge in [-0.15, -0.1) is 11.8 Å². The van der Waals surface area contributed by atoms with Gasteiger partial charge in [0.2, 0.25) is 0 Å². The van der Waals surface area contributed by atoms with Gasteiger partial charge in [-0.05, 0) is 34.1 Å². The third-order valence-corrected chi connectivity index (χ3v) is 4.70. The average molecular weight is 378 g/mol. The molecule has 3 nitrogen and oxygen atoms in total. The van der Waals surface area contributed by atoms with Crippen molar-refractivity contribution in [3.63, 3.8) is 0 Å². The summed E-state index contributed by atoms with van der Waals surface area (Å²) in [4.78, 5) is 9.39. The molecule has 0 amide bonds. The van der Waals surface area contributed by atoms with Gasteiger partial charge >= 0.3 is 0 Å². The number of aromatic nitrogens is 2. The van der Waals surface area contributed by atoms with Crippen LogP contribution in [-0.2, 0) is 17.1 Å². The molecule has 7 heteroatoms. The van der Waals surface area contributed by atoms with E-state index in [0.29, 0.717) is 33.5 Å². The van der Waals surface area contributed by atoms with Crippen LogP contribution in [0.15, 0.2) is 33.6 Å². The predicted octanol–water partition coefficient (Wildman–Crippen LogP) is 4.47. The first kappa shape index (κ1) is 15.7. The summed E-state index contributed by atoms with van der Waals surface area (Å²) in [7, 11) is 1.59. The zero-order chi connectivity index (χ0) is 14.5. The number of thioether (sulfide) groups is 1. The van der Waals surface area contributed by atoms with E-state index in [1.165, 1.54) is 23.9 Å². The van der Waals surface area contributed by atoms with E-state index in [1.54, 1.807) is 13.2 Å². The predicted molar refractivity (Wildman–Crippen MR) is 81.4 cm³/mol. The van der Waals surface area contributed by atoms with Gasteiger partial charge in [0.15, 0.2) is 0 Å². The van der Waals surface area contributed by atoms with Crippen molar-refractivity contribution in [1.82, 2.24) is 9.97 Å². The van der Waals surface area contributed by atoms with Gasteiger partial charge in [0.05, 0.1) is 22.5 Å². The maximum atomic E-state index is 13.1. The molecule has 0 atom stereocenters. The number of halogens is 3. The molecule has 1 aromatic carbocycles. The van der Waals surface area contributed by atoms with Gasteiger partial charge in [-0.25, -0.2) is 14.4 Å². The summed E-state index contributed by atoms with van der Waals surface area (Å²) >= 11 is 10.8. The smallest absolute Gasteiger partial charge is 0.147 e. The van der Waals surface area contributed by atoms with Crippen LogP contribution in [0.4, 0.5) is 4.39 Å². The highest BCUT2D eigenvalue weighted by Gasteiger charge is 2.11. The van der Waals surface area contributed by atoms with Crippen molar-refractivity contribution in [1.29, 1.82) is 0 Å². The molecular weight excluding hydrogens is 367 g/mol. The van der Waals surface area contributed by atoms with Gasteiger partial charge < -0.3 is 4.74 Å². The molecule has 0 unspecified atom stereocenters. The molecule has 0 aliphatic carbocycles. The van der Waals surface area contributed by atoms with E-state index in [9.17, 15) is 4.39 Å². The summed E-state index contributed by atoms with van der Waals surface area (Å²) in [5.74, 6) is 0.831. The fourth-order valence-corrected chi connectivity index (χ4v) is 2.81. The lowest BCUT2D eigenvalue weighted by Gasteiger charge is -2.07. The van der Waals surface area contributed by atoms with E-state index in [1.807, 2.05) is 6.07 Å². The van der Waals surface area contributed by atoms with Crippen LogP contribution in [0.2, 0.25) is 5.15 Å². The van der Waals surface area contributed by atoms with E-state index in [0.717, 1.165) is 4.90 Å². The van der Waals surface area contributed by atoms with Gasteiger partial charge in [0.1, 0.15) is 16.8 Å². The molecule has 2 rings (SSSR count). The van der Waals surface area contributed by atoms with Crippen molar-refractivity contribution in [3.8, 4) is 0 Å². The number of rotatable bonds is 5. The van der Waals surface area contributed by atoms with Gasteiger partial charge in [0, 0.05) is 12.0 Å². The summed E-state index contributed by atoms with van der Waals surface area (Å²) in [6, 6.07) is 6.39. The third kappa shape index (κ3) is 4.15. The minimum Gasteiger partial charge on any atom is -0.378 e. The van der Waals surface area contributed by atoms with Crippen molar-refractivity contribution >= 4 is 39.3 Å². The van der Waals surface area contributed by atoms with Crippen LogP contribution in [0.3, 0.4) is 0 Å². The minimum absolute atomic E-state index is 0.259. The lowest BCUT2D eigenvalue weighted by atomic mass is 10.4. The first-order valence-corrected chi connectivity index (χ1v) is 7.84. The topological polar surface area (TPSA) is 35.0 Å². The van der Waals surface area contributed by atoms with E-state index in [2.05, 4.69) is 25.9 Å². The second kappa shape index (κ2) is 7.36. The summed E-state index contributed by atoms with van der Waals surface area (Å²) in [5.41, 5.74) is 0.697. The van der Waals surface area contributed by atoms with Crippen LogP contribution >= 0.6 is 39.3 Å². The van der Waals surface area contributed by atoms with Crippen LogP contribution in [0.5, 0.6) is 0 Å². The average Bonchev–Trinajstić information content (AvgIpc) is 2.42. The molecule has 0 spiro atoms. The Balaban J connectivity index is 2.13. The number of benzene rings is 1. The molecule has 0 N–H and O–H groups in total. The monoisotopic (exact) mass is 376 g/mol. The highest BCUT2D eigenvalue weighted by atomic mass is 79.9. The van der Waals surface area contributed by atoms with Crippen molar-refractivity contribution in [2.75, 3.05) is 7.11 Å². The highest BCUT2D eigenvalue weighted by molar-refractivity contribution is 9.10. The maximum Gasteiger partial charge on any atom is 0.147 e. The Bertz CT molecular complexity index is 615. The standard InChI is InChI=1S/C13H11BrClFN2OS/c1-19-6-10-12(14)13(15)18-11(17-10)7-20-9-4-2-3-8(16)5-9/h2-5H,6-7H2,1H3. The molecule has 20 heavy (non-hydrogen) atoms. The molecule has 2 aromatic rings. The van der Waals surface area contributed by atoms with Gasteiger partial charge in [-0.1, -0.05) is 17.7 Å². The zero-order valence-electron chi connectivity index (χ0n) is 10.6. The first-order chi connectivity index (χ1) is 9.60. The molecule has 0 saturated heterocycles. The van der Waals surface area contributed by atoms with Gasteiger partial charge in [0.25, 0.3) is 0 Å². The van der Waals surface area contributed by atoms with E-state index >= 15 is 0 Å². The SMILES string of the molecule is COCc1nc(CSc2cccc(F)c2)nc(Cl)c1Br. The maximum absolute atomic E-state index is 13.1.